The molecule has 0 aromatic rings. The van der Waals surface area contributed by atoms with E-state index in [2.05, 4.69) is 5.32 Å². The molecular weight excluding hydrogens is 280 g/mol. The Morgan fingerprint density at radius 3 is 2.55 bits per heavy atom. The van der Waals surface area contributed by atoms with Crippen LogP contribution in [0.3, 0.4) is 0 Å². The molecule has 20 heavy (non-hydrogen) atoms. The van der Waals surface area contributed by atoms with Gasteiger partial charge in [0, 0.05) is 32.8 Å². The van der Waals surface area contributed by atoms with Crippen molar-refractivity contribution in [2.24, 2.45) is 0 Å². The Bertz CT molecular complexity index is 375. The molecule has 0 aromatic heterocycles. The predicted molar refractivity (Wildman–Crippen MR) is 79.3 cm³/mol. The van der Waals surface area contributed by atoms with E-state index in [-0.39, 0.29) is 12.2 Å². The van der Waals surface area contributed by atoms with Gasteiger partial charge in [0.2, 0.25) is 10.0 Å². The van der Waals surface area contributed by atoms with Gasteiger partial charge < -0.3 is 14.8 Å². The lowest BCUT2D eigenvalue weighted by molar-refractivity contribution is -0.131. The molecule has 3 atom stereocenters. The molecule has 1 rings (SSSR count). The molecule has 0 saturated heterocycles. The molecule has 1 fully saturated rings. The Labute approximate surface area is 122 Å². The molecule has 0 bridgehead atoms. The van der Waals surface area contributed by atoms with E-state index in [1.54, 1.807) is 7.11 Å². The van der Waals surface area contributed by atoms with Gasteiger partial charge in [-0.25, -0.2) is 12.7 Å². The Hall–Kier alpha value is -0.210. The Kier molecular flexibility index (Phi) is 7.39. The SMILES string of the molecule is CCOC1CC(NCCCN(CC)S(C)(=O)=O)C1OC. The van der Waals surface area contributed by atoms with Crippen LogP contribution in [0.15, 0.2) is 0 Å². The fourth-order valence-corrected chi connectivity index (χ4v) is 3.51. The topological polar surface area (TPSA) is 67.9 Å². The minimum atomic E-state index is -3.08. The van der Waals surface area contributed by atoms with E-state index in [0.717, 1.165) is 19.4 Å². The molecule has 3 unspecified atom stereocenters. The van der Waals surface area contributed by atoms with Gasteiger partial charge in [-0.3, -0.25) is 0 Å². The van der Waals surface area contributed by atoms with E-state index in [4.69, 9.17) is 9.47 Å². The fourth-order valence-electron chi connectivity index (χ4n) is 2.58. The molecule has 0 radical (unpaired) electrons. The minimum Gasteiger partial charge on any atom is -0.377 e. The second kappa shape index (κ2) is 8.29. The maximum atomic E-state index is 11.4. The van der Waals surface area contributed by atoms with Crippen molar-refractivity contribution in [2.45, 2.75) is 44.9 Å². The van der Waals surface area contributed by atoms with Crippen LogP contribution < -0.4 is 5.32 Å². The van der Waals surface area contributed by atoms with E-state index in [1.165, 1.54) is 10.6 Å². The minimum absolute atomic E-state index is 0.104. The van der Waals surface area contributed by atoms with Crippen molar-refractivity contribution >= 4 is 10.0 Å². The predicted octanol–water partition coefficient (Wildman–Crippen LogP) is 0.440. The summed E-state index contributed by atoms with van der Waals surface area (Å²) in [6.45, 7) is 6.41. The average molecular weight is 308 g/mol. The maximum absolute atomic E-state index is 11.4. The van der Waals surface area contributed by atoms with Crippen molar-refractivity contribution in [1.29, 1.82) is 0 Å². The lowest BCUT2D eigenvalue weighted by Crippen LogP contribution is -2.60. The van der Waals surface area contributed by atoms with Crippen LogP contribution in [0.1, 0.15) is 26.7 Å². The van der Waals surface area contributed by atoms with Crippen LogP contribution in [0.25, 0.3) is 0 Å². The number of hydrogen-bond acceptors (Lipinski definition) is 5. The third-order valence-electron chi connectivity index (χ3n) is 3.71. The third kappa shape index (κ3) is 4.96. The first-order valence-corrected chi connectivity index (χ1v) is 9.11. The number of rotatable bonds is 10. The van der Waals surface area contributed by atoms with Gasteiger partial charge in [-0.05, 0) is 26.3 Å². The van der Waals surface area contributed by atoms with E-state index in [0.29, 0.717) is 25.7 Å². The highest BCUT2D eigenvalue weighted by atomic mass is 32.2. The second-order valence-electron chi connectivity index (χ2n) is 5.10. The second-order valence-corrected chi connectivity index (χ2v) is 7.08. The van der Waals surface area contributed by atoms with Crippen LogP contribution in [0.5, 0.6) is 0 Å². The fraction of sp³-hybridized carbons (Fsp3) is 1.00. The van der Waals surface area contributed by atoms with Gasteiger partial charge in [-0.2, -0.15) is 0 Å². The number of nitrogens with zero attached hydrogens (tertiary/aromatic N) is 1. The van der Waals surface area contributed by atoms with E-state index < -0.39 is 10.0 Å². The molecule has 0 amide bonds. The van der Waals surface area contributed by atoms with Crippen LogP contribution in [-0.4, -0.2) is 70.6 Å². The van der Waals surface area contributed by atoms with E-state index >= 15 is 0 Å². The zero-order valence-electron chi connectivity index (χ0n) is 13.0. The zero-order valence-corrected chi connectivity index (χ0v) is 13.8. The standard InChI is InChI=1S/C13H28N2O4S/c1-5-15(20(4,16)17)9-7-8-14-11-10-12(19-6-2)13(11)18-3/h11-14H,5-10H2,1-4H3. The molecule has 0 heterocycles. The summed E-state index contributed by atoms with van der Waals surface area (Å²) >= 11 is 0. The number of sulfonamides is 1. The lowest BCUT2D eigenvalue weighted by atomic mass is 9.85. The highest BCUT2D eigenvalue weighted by molar-refractivity contribution is 7.88. The maximum Gasteiger partial charge on any atom is 0.211 e. The van der Waals surface area contributed by atoms with Crippen molar-refractivity contribution in [1.82, 2.24) is 9.62 Å². The van der Waals surface area contributed by atoms with Crippen molar-refractivity contribution in [2.75, 3.05) is 39.6 Å². The lowest BCUT2D eigenvalue weighted by Gasteiger charge is -2.43. The quantitative estimate of drug-likeness (QED) is 0.593. The average Bonchev–Trinajstić information content (AvgIpc) is 2.35. The molecule has 0 spiro atoms. The van der Waals surface area contributed by atoms with Crippen LogP contribution in [-0.2, 0) is 19.5 Å². The highest BCUT2D eigenvalue weighted by Crippen LogP contribution is 2.26. The summed E-state index contributed by atoms with van der Waals surface area (Å²) in [7, 11) is -1.38. The van der Waals surface area contributed by atoms with Gasteiger partial charge in [-0.15, -0.1) is 0 Å². The number of methoxy groups -OCH3 is 1. The third-order valence-corrected chi connectivity index (χ3v) is 5.09. The molecule has 1 N–H and O–H groups in total. The molecule has 1 aliphatic carbocycles. The van der Waals surface area contributed by atoms with Gasteiger partial charge in [-0.1, -0.05) is 6.92 Å². The largest absolute Gasteiger partial charge is 0.377 e. The molecule has 0 aliphatic heterocycles. The zero-order chi connectivity index (χ0) is 15.2. The smallest absolute Gasteiger partial charge is 0.211 e. The van der Waals surface area contributed by atoms with Gasteiger partial charge in [0.25, 0.3) is 0 Å². The van der Waals surface area contributed by atoms with Gasteiger partial charge >= 0.3 is 0 Å². The van der Waals surface area contributed by atoms with E-state index in [1.807, 2.05) is 13.8 Å². The normalized spacial score (nSPS) is 26.8. The van der Waals surface area contributed by atoms with Gasteiger partial charge in [0.1, 0.15) is 0 Å². The Morgan fingerprint density at radius 2 is 2.05 bits per heavy atom. The summed E-state index contributed by atoms with van der Waals surface area (Å²) in [6, 6.07) is 0.310. The van der Waals surface area contributed by atoms with Crippen molar-refractivity contribution in [3.8, 4) is 0 Å². The summed E-state index contributed by atoms with van der Waals surface area (Å²) in [5, 5.41) is 3.41. The van der Waals surface area contributed by atoms with Crippen LogP contribution in [0.4, 0.5) is 0 Å². The summed E-state index contributed by atoms with van der Waals surface area (Å²) in [4.78, 5) is 0. The first-order chi connectivity index (χ1) is 9.43. The molecule has 1 aliphatic rings. The van der Waals surface area contributed by atoms with Crippen molar-refractivity contribution in [3.63, 3.8) is 0 Å². The van der Waals surface area contributed by atoms with Crippen molar-refractivity contribution in [3.05, 3.63) is 0 Å². The number of nitrogens with one attached hydrogen (secondary N) is 1. The molecular formula is C13H28N2O4S. The molecule has 0 aromatic carbocycles. The molecule has 1 saturated carbocycles. The number of ether oxygens (including phenoxy) is 2. The van der Waals surface area contributed by atoms with Crippen LogP contribution >= 0.6 is 0 Å². The van der Waals surface area contributed by atoms with Gasteiger partial charge in [0.15, 0.2) is 0 Å². The first kappa shape index (κ1) is 17.8. The summed E-state index contributed by atoms with van der Waals surface area (Å²) in [6.07, 6.45) is 3.30. The molecule has 6 nitrogen and oxygen atoms in total. The molecule has 7 heteroatoms. The van der Waals surface area contributed by atoms with E-state index in [9.17, 15) is 8.42 Å². The monoisotopic (exact) mass is 308 g/mol. The summed E-state index contributed by atoms with van der Waals surface area (Å²) in [5.41, 5.74) is 0. The van der Waals surface area contributed by atoms with Crippen LogP contribution in [0.2, 0.25) is 0 Å². The van der Waals surface area contributed by atoms with Crippen molar-refractivity contribution < 1.29 is 17.9 Å². The van der Waals surface area contributed by atoms with Gasteiger partial charge in [0.05, 0.1) is 18.5 Å². The van der Waals surface area contributed by atoms with Crippen LogP contribution in [0, 0.1) is 0 Å². The molecule has 120 valence electrons. The first-order valence-electron chi connectivity index (χ1n) is 7.26. The summed E-state index contributed by atoms with van der Waals surface area (Å²) < 4.78 is 35.4. The number of hydrogen-bond donors (Lipinski definition) is 1. The Morgan fingerprint density at radius 1 is 1.35 bits per heavy atom. The summed E-state index contributed by atoms with van der Waals surface area (Å²) in [5.74, 6) is 0. The Balaban J connectivity index is 2.22. The highest BCUT2D eigenvalue weighted by Gasteiger charge is 2.41.